The number of aliphatic hydroxyl groups excluding tert-OH is 2. The Balaban J connectivity index is 2.35. The number of fused-ring (bicyclic) bond motifs is 1. The standard InChI is InChI=1S/C13H13Cl2NO2/c14-5-3-12(17)13(18)8-1-2-9-10(15)4-6-16-11(9)7-8/h1-2,4,6-7,12-13,17-18H,3,5H2. The SMILES string of the molecule is OC(CCCl)C(O)c1ccc2c(Cl)ccnc2c1. The fourth-order valence-electron chi connectivity index (χ4n) is 1.81. The molecule has 1 aromatic carbocycles. The molecule has 0 spiro atoms. The summed E-state index contributed by atoms with van der Waals surface area (Å²) in [6, 6.07) is 6.96. The molecule has 5 heteroatoms. The van der Waals surface area contributed by atoms with Gasteiger partial charge in [-0.15, -0.1) is 11.6 Å². The second-order valence-electron chi connectivity index (χ2n) is 4.06. The first-order chi connectivity index (χ1) is 8.63. The fraction of sp³-hybridized carbons (Fsp3) is 0.308. The third kappa shape index (κ3) is 2.75. The third-order valence-corrected chi connectivity index (χ3v) is 3.37. The summed E-state index contributed by atoms with van der Waals surface area (Å²) in [4.78, 5) is 4.19. The molecule has 0 aliphatic heterocycles. The number of hydrogen-bond acceptors (Lipinski definition) is 3. The average Bonchev–Trinajstić information content (AvgIpc) is 2.38. The number of alkyl halides is 1. The highest BCUT2D eigenvalue weighted by molar-refractivity contribution is 6.35. The van der Waals surface area contributed by atoms with E-state index in [0.29, 0.717) is 28.4 Å². The second kappa shape index (κ2) is 5.85. The fourth-order valence-corrected chi connectivity index (χ4v) is 2.25. The van der Waals surface area contributed by atoms with Crippen LogP contribution in [0.1, 0.15) is 18.1 Å². The number of rotatable bonds is 4. The first-order valence-corrected chi connectivity index (χ1v) is 6.51. The van der Waals surface area contributed by atoms with Crippen LogP contribution < -0.4 is 0 Å². The molecule has 18 heavy (non-hydrogen) atoms. The number of pyridine rings is 1. The van der Waals surface area contributed by atoms with Crippen LogP contribution >= 0.6 is 23.2 Å². The van der Waals surface area contributed by atoms with Crippen molar-refractivity contribution in [1.29, 1.82) is 0 Å². The third-order valence-electron chi connectivity index (χ3n) is 2.82. The van der Waals surface area contributed by atoms with Gasteiger partial charge in [-0.2, -0.15) is 0 Å². The van der Waals surface area contributed by atoms with Gasteiger partial charge in [-0.3, -0.25) is 4.98 Å². The van der Waals surface area contributed by atoms with Crippen molar-refractivity contribution in [2.45, 2.75) is 18.6 Å². The van der Waals surface area contributed by atoms with Crippen LogP contribution in [-0.4, -0.2) is 27.2 Å². The van der Waals surface area contributed by atoms with Gasteiger partial charge < -0.3 is 10.2 Å². The first kappa shape index (κ1) is 13.6. The zero-order valence-corrected chi connectivity index (χ0v) is 11.1. The Morgan fingerprint density at radius 1 is 1.22 bits per heavy atom. The summed E-state index contributed by atoms with van der Waals surface area (Å²) in [5.74, 6) is 0.301. The lowest BCUT2D eigenvalue weighted by atomic mass is 10.0. The van der Waals surface area contributed by atoms with Gasteiger partial charge in [0.15, 0.2) is 0 Å². The van der Waals surface area contributed by atoms with Crippen molar-refractivity contribution in [3.63, 3.8) is 0 Å². The lowest BCUT2D eigenvalue weighted by molar-refractivity contribution is 0.0171. The molecule has 0 fully saturated rings. The van der Waals surface area contributed by atoms with Crippen LogP contribution in [0.15, 0.2) is 30.5 Å². The summed E-state index contributed by atoms with van der Waals surface area (Å²) in [5, 5.41) is 21.1. The lowest BCUT2D eigenvalue weighted by Gasteiger charge is -2.17. The van der Waals surface area contributed by atoms with E-state index in [1.54, 1.807) is 30.5 Å². The number of aromatic nitrogens is 1. The summed E-state index contributed by atoms with van der Waals surface area (Å²) in [7, 11) is 0. The highest BCUT2D eigenvalue weighted by atomic mass is 35.5. The quantitative estimate of drug-likeness (QED) is 0.850. The van der Waals surface area contributed by atoms with Crippen LogP contribution in [0.4, 0.5) is 0 Å². The maximum absolute atomic E-state index is 9.98. The van der Waals surface area contributed by atoms with Crippen molar-refractivity contribution in [2.75, 3.05) is 5.88 Å². The predicted molar refractivity (Wildman–Crippen MR) is 73.1 cm³/mol. The van der Waals surface area contributed by atoms with Crippen LogP contribution in [-0.2, 0) is 0 Å². The highest BCUT2D eigenvalue weighted by Gasteiger charge is 2.18. The minimum absolute atomic E-state index is 0.301. The lowest BCUT2D eigenvalue weighted by Crippen LogP contribution is -2.18. The molecule has 0 amide bonds. The molecule has 0 bridgehead atoms. The number of halogens is 2. The number of hydrogen-bond donors (Lipinski definition) is 2. The first-order valence-electron chi connectivity index (χ1n) is 5.59. The van der Waals surface area contributed by atoms with E-state index in [1.165, 1.54) is 0 Å². The Hall–Kier alpha value is -0.870. The largest absolute Gasteiger partial charge is 0.390 e. The molecule has 0 saturated carbocycles. The molecule has 2 aromatic rings. The van der Waals surface area contributed by atoms with E-state index in [4.69, 9.17) is 23.2 Å². The topological polar surface area (TPSA) is 53.4 Å². The Bertz CT molecular complexity index is 548. The summed E-state index contributed by atoms with van der Waals surface area (Å²) in [6.07, 6.45) is 0.104. The summed E-state index contributed by atoms with van der Waals surface area (Å²) < 4.78 is 0. The zero-order valence-electron chi connectivity index (χ0n) is 9.55. The zero-order chi connectivity index (χ0) is 13.1. The second-order valence-corrected chi connectivity index (χ2v) is 4.84. The molecule has 0 aliphatic rings. The van der Waals surface area contributed by atoms with Gasteiger partial charge in [0, 0.05) is 17.5 Å². The van der Waals surface area contributed by atoms with Gasteiger partial charge >= 0.3 is 0 Å². The molecule has 0 saturated heterocycles. The number of benzene rings is 1. The Morgan fingerprint density at radius 2 is 2.00 bits per heavy atom. The molecular formula is C13H13Cl2NO2. The van der Waals surface area contributed by atoms with E-state index in [1.807, 2.05) is 0 Å². The molecule has 3 nitrogen and oxygen atoms in total. The Labute approximate surface area is 115 Å². The molecule has 0 radical (unpaired) electrons. The van der Waals surface area contributed by atoms with Crippen molar-refractivity contribution < 1.29 is 10.2 Å². The van der Waals surface area contributed by atoms with Crippen molar-refractivity contribution in [3.05, 3.63) is 41.0 Å². The Kier molecular flexibility index (Phi) is 4.40. The normalized spacial score (nSPS) is 14.7. The van der Waals surface area contributed by atoms with Crippen molar-refractivity contribution >= 4 is 34.1 Å². The van der Waals surface area contributed by atoms with Gasteiger partial charge in [0.05, 0.1) is 16.6 Å². The minimum atomic E-state index is -0.964. The van der Waals surface area contributed by atoms with Crippen LogP contribution in [0.25, 0.3) is 10.9 Å². The molecule has 2 atom stereocenters. The van der Waals surface area contributed by atoms with E-state index in [2.05, 4.69) is 4.98 Å². The van der Waals surface area contributed by atoms with Gasteiger partial charge in [0.1, 0.15) is 6.10 Å². The minimum Gasteiger partial charge on any atom is -0.390 e. The van der Waals surface area contributed by atoms with E-state index in [9.17, 15) is 10.2 Å². The summed E-state index contributed by atoms with van der Waals surface area (Å²) >= 11 is 11.6. The smallest absolute Gasteiger partial charge is 0.105 e. The van der Waals surface area contributed by atoms with Gasteiger partial charge in [-0.25, -0.2) is 0 Å². The molecule has 1 heterocycles. The van der Waals surface area contributed by atoms with E-state index in [0.717, 1.165) is 5.39 Å². The average molecular weight is 286 g/mol. The van der Waals surface area contributed by atoms with Gasteiger partial charge in [-0.05, 0) is 24.1 Å². The molecule has 96 valence electrons. The number of aliphatic hydroxyl groups is 2. The van der Waals surface area contributed by atoms with Gasteiger partial charge in [0.2, 0.25) is 0 Å². The summed E-state index contributed by atoms with van der Waals surface area (Å²) in [6.45, 7) is 0. The molecule has 2 unspecified atom stereocenters. The highest BCUT2D eigenvalue weighted by Crippen LogP contribution is 2.26. The van der Waals surface area contributed by atoms with Gasteiger partial charge in [-0.1, -0.05) is 23.7 Å². The van der Waals surface area contributed by atoms with Crippen molar-refractivity contribution in [3.8, 4) is 0 Å². The summed E-state index contributed by atoms with van der Waals surface area (Å²) in [5.41, 5.74) is 1.30. The molecule has 2 N–H and O–H groups in total. The van der Waals surface area contributed by atoms with Crippen LogP contribution in [0.5, 0.6) is 0 Å². The molecule has 1 aromatic heterocycles. The van der Waals surface area contributed by atoms with Crippen LogP contribution in [0, 0.1) is 0 Å². The Morgan fingerprint density at radius 3 is 2.72 bits per heavy atom. The molecular weight excluding hydrogens is 273 g/mol. The van der Waals surface area contributed by atoms with E-state index >= 15 is 0 Å². The maximum Gasteiger partial charge on any atom is 0.105 e. The van der Waals surface area contributed by atoms with E-state index < -0.39 is 12.2 Å². The van der Waals surface area contributed by atoms with Crippen molar-refractivity contribution in [2.24, 2.45) is 0 Å². The van der Waals surface area contributed by atoms with Crippen LogP contribution in [0.3, 0.4) is 0 Å². The molecule has 0 aliphatic carbocycles. The predicted octanol–water partition coefficient (Wildman–Crippen LogP) is 2.91. The number of nitrogens with zero attached hydrogens (tertiary/aromatic N) is 1. The van der Waals surface area contributed by atoms with Crippen LogP contribution in [0.2, 0.25) is 5.02 Å². The maximum atomic E-state index is 9.98. The van der Waals surface area contributed by atoms with Gasteiger partial charge in [0.25, 0.3) is 0 Å². The van der Waals surface area contributed by atoms with Crippen molar-refractivity contribution in [1.82, 2.24) is 4.98 Å². The monoisotopic (exact) mass is 285 g/mol. The van der Waals surface area contributed by atoms with E-state index in [-0.39, 0.29) is 0 Å². The molecule has 2 rings (SSSR count).